The third kappa shape index (κ3) is 5.05. The molecule has 0 atom stereocenters. The number of hydrogen-bond acceptors (Lipinski definition) is 5. The Bertz CT molecular complexity index is 1260. The molecule has 2 aromatic carbocycles. The molecule has 1 aliphatic rings. The summed E-state index contributed by atoms with van der Waals surface area (Å²) in [5.74, 6) is 4.03. The minimum atomic E-state index is -4.62. The lowest BCUT2D eigenvalue weighted by Gasteiger charge is -2.10. The first-order valence-electron chi connectivity index (χ1n) is 9.08. The summed E-state index contributed by atoms with van der Waals surface area (Å²) >= 11 is 0. The van der Waals surface area contributed by atoms with Crippen molar-refractivity contribution in [3.63, 3.8) is 0 Å². The summed E-state index contributed by atoms with van der Waals surface area (Å²) in [5.41, 5.74) is -0.142. The van der Waals surface area contributed by atoms with Gasteiger partial charge in [0, 0.05) is 11.5 Å². The molecule has 7 nitrogen and oxygen atoms in total. The van der Waals surface area contributed by atoms with Crippen molar-refractivity contribution >= 4 is 26.0 Å². The molecule has 3 rings (SSSR count). The zero-order valence-electron chi connectivity index (χ0n) is 15.8. The molecule has 1 aliphatic carbocycles. The number of primary sulfonamides is 1. The van der Waals surface area contributed by atoms with Crippen LogP contribution >= 0.6 is 0 Å². The summed E-state index contributed by atoms with van der Waals surface area (Å²) in [7, 11) is -8.99. The van der Waals surface area contributed by atoms with Gasteiger partial charge in [0.1, 0.15) is 15.6 Å². The van der Waals surface area contributed by atoms with Crippen LogP contribution in [0.1, 0.15) is 41.6 Å². The second-order valence-electron chi connectivity index (χ2n) is 6.87. The Hall–Kier alpha value is -2.74. The monoisotopic (exact) mass is 450 g/mol. The number of amides is 1. The van der Waals surface area contributed by atoms with E-state index >= 15 is 0 Å². The molecule has 0 radical (unpaired) electrons. The van der Waals surface area contributed by atoms with Gasteiger partial charge in [-0.05, 0) is 43.2 Å². The second-order valence-corrected chi connectivity index (χ2v) is 10.1. The van der Waals surface area contributed by atoms with Crippen molar-refractivity contribution in [1.82, 2.24) is 4.72 Å². The lowest BCUT2D eigenvalue weighted by molar-refractivity contribution is 0.0977. The number of nitrogens with two attached hydrogens (primary N) is 1. The van der Waals surface area contributed by atoms with E-state index in [0.29, 0.717) is 5.56 Å². The van der Waals surface area contributed by atoms with E-state index in [1.54, 1.807) is 4.72 Å². The Morgan fingerprint density at radius 2 is 1.67 bits per heavy atom. The lowest BCUT2D eigenvalue weighted by Crippen LogP contribution is -2.32. The number of carbonyl (C=O) groups is 1. The van der Waals surface area contributed by atoms with Gasteiger partial charge in [-0.25, -0.2) is 31.1 Å². The number of carbonyl (C=O) groups excluding carboxylic acids is 1. The first kappa shape index (κ1) is 22.0. The molecule has 1 amide bonds. The van der Waals surface area contributed by atoms with Crippen LogP contribution in [0.2, 0.25) is 0 Å². The van der Waals surface area contributed by atoms with Crippen LogP contribution in [0.5, 0.6) is 0 Å². The van der Waals surface area contributed by atoms with E-state index in [1.807, 2.05) is 0 Å². The highest BCUT2D eigenvalue weighted by Crippen LogP contribution is 2.24. The van der Waals surface area contributed by atoms with Gasteiger partial charge < -0.3 is 0 Å². The molecule has 0 spiro atoms. The van der Waals surface area contributed by atoms with Crippen molar-refractivity contribution in [3.05, 3.63) is 59.4 Å². The van der Waals surface area contributed by atoms with Crippen molar-refractivity contribution in [3.8, 4) is 11.8 Å². The number of halogens is 1. The van der Waals surface area contributed by atoms with Crippen LogP contribution in [0, 0.1) is 23.6 Å². The smallest absolute Gasteiger partial charge is 0.267 e. The summed E-state index contributed by atoms with van der Waals surface area (Å²) in [4.78, 5) is 11.0. The zero-order valence-corrected chi connectivity index (χ0v) is 17.4. The van der Waals surface area contributed by atoms with Crippen molar-refractivity contribution in [1.29, 1.82) is 0 Å². The van der Waals surface area contributed by atoms with Gasteiger partial charge in [0.05, 0.1) is 5.56 Å². The maximum absolute atomic E-state index is 14.4. The summed E-state index contributed by atoms with van der Waals surface area (Å²) in [6.07, 6.45) is 4.26. The normalized spacial score (nSPS) is 14.7. The molecule has 2 aromatic rings. The fourth-order valence-corrected chi connectivity index (χ4v) is 5.52. The molecule has 0 unspecified atom stereocenters. The van der Waals surface area contributed by atoms with Gasteiger partial charge in [0.15, 0.2) is 0 Å². The topological polar surface area (TPSA) is 123 Å². The van der Waals surface area contributed by atoms with Crippen LogP contribution < -0.4 is 9.86 Å². The van der Waals surface area contributed by atoms with E-state index in [9.17, 15) is 26.0 Å². The van der Waals surface area contributed by atoms with Crippen LogP contribution in [0.15, 0.2) is 52.3 Å². The molecule has 10 heteroatoms. The van der Waals surface area contributed by atoms with E-state index in [-0.39, 0.29) is 5.92 Å². The Kier molecular flexibility index (Phi) is 6.26. The molecule has 0 heterocycles. The van der Waals surface area contributed by atoms with E-state index in [1.165, 1.54) is 18.2 Å². The van der Waals surface area contributed by atoms with E-state index in [0.717, 1.165) is 49.9 Å². The van der Waals surface area contributed by atoms with Gasteiger partial charge in [-0.1, -0.05) is 36.8 Å². The maximum Gasteiger partial charge on any atom is 0.267 e. The maximum atomic E-state index is 14.4. The van der Waals surface area contributed by atoms with Crippen LogP contribution in [0.4, 0.5) is 4.39 Å². The summed E-state index contributed by atoms with van der Waals surface area (Å²) in [5, 5.41) is 5.03. The van der Waals surface area contributed by atoms with Crippen molar-refractivity contribution in [2.75, 3.05) is 0 Å². The summed E-state index contributed by atoms with van der Waals surface area (Å²) < 4.78 is 64.4. The van der Waals surface area contributed by atoms with Gasteiger partial charge >= 0.3 is 0 Å². The Labute approximate surface area is 174 Å². The zero-order chi connectivity index (χ0) is 21.9. The summed E-state index contributed by atoms with van der Waals surface area (Å²) in [6, 6.07) is 8.13. The van der Waals surface area contributed by atoms with Crippen LogP contribution in [-0.4, -0.2) is 22.7 Å². The van der Waals surface area contributed by atoms with Crippen molar-refractivity contribution in [2.45, 2.75) is 35.5 Å². The summed E-state index contributed by atoms with van der Waals surface area (Å²) in [6.45, 7) is 0. The highest BCUT2D eigenvalue weighted by molar-refractivity contribution is 7.92. The Morgan fingerprint density at radius 3 is 2.27 bits per heavy atom. The molecular formula is C20H19FN2O5S2. The fourth-order valence-electron chi connectivity index (χ4n) is 3.17. The lowest BCUT2D eigenvalue weighted by atomic mass is 10.1. The SMILES string of the molecule is NS(=O)(=O)c1ccccc1S(=O)(=O)NC(=O)c1ccc(C#CC2CCCC2)cc1F. The highest BCUT2D eigenvalue weighted by Gasteiger charge is 2.27. The number of hydrogen-bond donors (Lipinski definition) is 2. The molecule has 1 fully saturated rings. The molecule has 3 N–H and O–H groups in total. The fraction of sp³-hybridized carbons (Fsp3) is 0.250. The Morgan fingerprint density at radius 1 is 1.03 bits per heavy atom. The van der Waals surface area contributed by atoms with Crippen molar-refractivity contribution < 1.29 is 26.0 Å². The second kappa shape index (κ2) is 8.55. The first-order chi connectivity index (χ1) is 14.1. The molecule has 0 aliphatic heterocycles. The molecular weight excluding hydrogens is 431 g/mol. The third-order valence-corrected chi connectivity index (χ3v) is 7.15. The van der Waals surface area contributed by atoms with Crippen LogP contribution in [0.3, 0.4) is 0 Å². The predicted molar refractivity (Wildman–Crippen MR) is 108 cm³/mol. The van der Waals surface area contributed by atoms with E-state index in [2.05, 4.69) is 11.8 Å². The minimum Gasteiger partial charge on any atom is -0.268 e. The number of nitrogens with one attached hydrogen (secondary N) is 1. The van der Waals surface area contributed by atoms with Gasteiger partial charge in [-0.15, -0.1) is 0 Å². The number of benzene rings is 2. The molecule has 1 saturated carbocycles. The molecule has 0 saturated heterocycles. The highest BCUT2D eigenvalue weighted by atomic mass is 32.2. The van der Waals surface area contributed by atoms with E-state index in [4.69, 9.17) is 5.14 Å². The van der Waals surface area contributed by atoms with Crippen LogP contribution in [0.25, 0.3) is 0 Å². The average molecular weight is 451 g/mol. The van der Waals surface area contributed by atoms with Gasteiger partial charge in [0.25, 0.3) is 15.9 Å². The Balaban J connectivity index is 1.84. The molecule has 0 aromatic heterocycles. The van der Waals surface area contributed by atoms with Crippen LogP contribution in [-0.2, 0) is 20.0 Å². The molecule has 30 heavy (non-hydrogen) atoms. The van der Waals surface area contributed by atoms with Gasteiger partial charge in [-0.2, -0.15) is 0 Å². The van der Waals surface area contributed by atoms with Crippen molar-refractivity contribution in [2.24, 2.45) is 11.1 Å². The van der Waals surface area contributed by atoms with Gasteiger partial charge in [0.2, 0.25) is 10.0 Å². The molecule has 158 valence electrons. The standard InChI is InChI=1S/C20H19FN2O5S2/c21-17-13-15(10-9-14-5-1-2-6-14)11-12-16(17)20(24)23-30(27,28)19-8-4-3-7-18(19)29(22,25)26/h3-4,7-8,11-14H,1-2,5-6H2,(H,23,24)(H2,22,25,26). The average Bonchev–Trinajstić information content (AvgIpc) is 3.19. The first-order valence-corrected chi connectivity index (χ1v) is 12.1. The predicted octanol–water partition coefficient (Wildman–Crippen LogP) is 2.13. The largest absolute Gasteiger partial charge is 0.268 e. The minimum absolute atomic E-state index is 0.278. The quantitative estimate of drug-likeness (QED) is 0.691. The number of rotatable bonds is 4. The number of sulfonamides is 2. The third-order valence-electron chi connectivity index (χ3n) is 4.66. The van der Waals surface area contributed by atoms with E-state index < -0.39 is 47.1 Å². The molecule has 0 bridgehead atoms. The van der Waals surface area contributed by atoms with Gasteiger partial charge in [-0.3, -0.25) is 4.79 Å².